The molecule has 0 unspecified atom stereocenters. The topological polar surface area (TPSA) is 37.3 Å². The van der Waals surface area contributed by atoms with Gasteiger partial charge in [0, 0.05) is 22.8 Å². The van der Waals surface area contributed by atoms with E-state index in [0.717, 1.165) is 18.6 Å². The summed E-state index contributed by atoms with van der Waals surface area (Å²) < 4.78 is 0. The van der Waals surface area contributed by atoms with Gasteiger partial charge in [0.15, 0.2) is 5.78 Å². The number of aliphatic hydroxyl groups is 1. The third-order valence-electron chi connectivity index (χ3n) is 5.84. The molecule has 0 aromatic carbocycles. The summed E-state index contributed by atoms with van der Waals surface area (Å²) in [5, 5.41) is 10.8. The van der Waals surface area contributed by atoms with Crippen molar-refractivity contribution in [3.8, 4) is 0 Å². The molecule has 0 heterocycles. The fourth-order valence-corrected chi connectivity index (χ4v) is 5.99. The lowest BCUT2D eigenvalue weighted by molar-refractivity contribution is -0.113. The fourth-order valence-electron chi connectivity index (χ4n) is 4.30. The maximum Gasteiger partial charge on any atom is 0.156 e. The molecule has 18 heavy (non-hydrogen) atoms. The van der Waals surface area contributed by atoms with Crippen molar-refractivity contribution in [1.82, 2.24) is 0 Å². The van der Waals surface area contributed by atoms with Crippen LogP contribution in [0.2, 0.25) is 0 Å². The van der Waals surface area contributed by atoms with E-state index in [1.54, 1.807) is 6.08 Å². The standard InChI is InChI=1S/C15H22O2S/c1-14(2)10-5-6-15(14,13(17)7-10)9-18-12-4-3-11(16)8-12/h3-4,10,12-13,17H,5-9H2,1-2H3/t10-,12-,13-,15-/m1/s1. The molecule has 4 atom stereocenters. The highest BCUT2D eigenvalue weighted by Crippen LogP contribution is 2.66. The predicted molar refractivity (Wildman–Crippen MR) is 74.6 cm³/mol. The summed E-state index contributed by atoms with van der Waals surface area (Å²) >= 11 is 1.87. The molecule has 2 saturated carbocycles. The number of fused-ring (bicyclic) bond motifs is 2. The molecular weight excluding hydrogens is 244 g/mol. The second kappa shape index (κ2) is 4.11. The minimum atomic E-state index is -0.139. The largest absolute Gasteiger partial charge is 0.392 e. The number of thioether (sulfide) groups is 1. The van der Waals surface area contributed by atoms with E-state index < -0.39 is 0 Å². The minimum Gasteiger partial charge on any atom is -0.392 e. The van der Waals surface area contributed by atoms with Crippen LogP contribution >= 0.6 is 11.8 Å². The quantitative estimate of drug-likeness (QED) is 0.853. The summed E-state index contributed by atoms with van der Waals surface area (Å²) in [6, 6.07) is 0. The Morgan fingerprint density at radius 1 is 1.50 bits per heavy atom. The van der Waals surface area contributed by atoms with Crippen molar-refractivity contribution >= 4 is 17.5 Å². The molecule has 100 valence electrons. The zero-order valence-corrected chi connectivity index (χ0v) is 12.0. The third kappa shape index (κ3) is 1.63. The van der Waals surface area contributed by atoms with Crippen LogP contribution in [0.25, 0.3) is 0 Å². The van der Waals surface area contributed by atoms with E-state index in [1.165, 1.54) is 6.42 Å². The lowest BCUT2D eigenvalue weighted by Crippen LogP contribution is -2.41. The molecule has 1 N–H and O–H groups in total. The van der Waals surface area contributed by atoms with Gasteiger partial charge in [-0.15, -0.1) is 0 Å². The molecular formula is C15H22O2S. The Morgan fingerprint density at radius 3 is 2.78 bits per heavy atom. The first-order chi connectivity index (χ1) is 8.46. The van der Waals surface area contributed by atoms with Gasteiger partial charge in [-0.1, -0.05) is 19.9 Å². The van der Waals surface area contributed by atoms with Gasteiger partial charge in [0.05, 0.1) is 6.10 Å². The Kier molecular flexibility index (Phi) is 2.91. The molecule has 3 heteroatoms. The van der Waals surface area contributed by atoms with Crippen LogP contribution in [-0.4, -0.2) is 28.0 Å². The average molecular weight is 266 g/mol. The van der Waals surface area contributed by atoms with Gasteiger partial charge in [-0.25, -0.2) is 0 Å². The van der Waals surface area contributed by atoms with Gasteiger partial charge in [0.25, 0.3) is 0 Å². The molecule has 0 spiro atoms. The lowest BCUT2D eigenvalue weighted by Gasteiger charge is -2.40. The highest BCUT2D eigenvalue weighted by Gasteiger charge is 2.63. The molecule has 2 nitrogen and oxygen atoms in total. The molecule has 2 fully saturated rings. The molecule has 0 saturated heterocycles. The molecule has 0 amide bonds. The van der Waals surface area contributed by atoms with E-state index in [1.807, 2.05) is 17.8 Å². The number of rotatable bonds is 3. The Labute approximate surface area is 113 Å². The maximum atomic E-state index is 11.2. The first kappa shape index (κ1) is 12.7. The van der Waals surface area contributed by atoms with Crippen molar-refractivity contribution in [2.75, 3.05) is 5.75 Å². The van der Waals surface area contributed by atoms with Crippen molar-refractivity contribution in [3.05, 3.63) is 12.2 Å². The van der Waals surface area contributed by atoms with Gasteiger partial charge in [0.2, 0.25) is 0 Å². The molecule has 2 bridgehead atoms. The second-order valence-electron chi connectivity index (χ2n) is 6.74. The van der Waals surface area contributed by atoms with Gasteiger partial charge >= 0.3 is 0 Å². The van der Waals surface area contributed by atoms with Crippen molar-refractivity contribution in [2.45, 2.75) is 50.9 Å². The Morgan fingerprint density at radius 2 is 2.28 bits per heavy atom. The molecule has 0 aromatic heterocycles. The van der Waals surface area contributed by atoms with E-state index in [0.29, 0.717) is 17.6 Å². The van der Waals surface area contributed by atoms with Crippen LogP contribution in [0, 0.1) is 16.7 Å². The Balaban J connectivity index is 1.71. The van der Waals surface area contributed by atoms with Crippen LogP contribution in [0.5, 0.6) is 0 Å². The van der Waals surface area contributed by atoms with Gasteiger partial charge in [0.1, 0.15) is 0 Å². The van der Waals surface area contributed by atoms with E-state index >= 15 is 0 Å². The first-order valence-electron chi connectivity index (χ1n) is 6.96. The SMILES string of the molecule is CC1(C)[C@@H]2CC[C@@]1(CS[C@@H]1C=CC(=O)C1)[C@H](O)C2. The summed E-state index contributed by atoms with van der Waals surface area (Å²) in [5.41, 5.74) is 0.341. The molecule has 3 aliphatic rings. The van der Waals surface area contributed by atoms with Crippen LogP contribution < -0.4 is 0 Å². The van der Waals surface area contributed by atoms with Crippen LogP contribution in [-0.2, 0) is 4.79 Å². The molecule has 0 aromatic rings. The normalized spacial score (nSPS) is 45.1. The smallest absolute Gasteiger partial charge is 0.156 e. The highest BCUT2D eigenvalue weighted by atomic mass is 32.2. The number of aliphatic hydroxyl groups excluding tert-OH is 1. The van der Waals surface area contributed by atoms with Gasteiger partial charge in [-0.05, 0) is 36.7 Å². The number of carbonyl (C=O) groups excluding carboxylic acids is 1. The first-order valence-corrected chi connectivity index (χ1v) is 8.01. The van der Waals surface area contributed by atoms with Crippen LogP contribution in [0.3, 0.4) is 0 Å². The lowest BCUT2D eigenvalue weighted by atomic mass is 9.70. The average Bonchev–Trinajstić information content (AvgIpc) is 2.87. The Hall–Kier alpha value is -0.280. The number of hydrogen-bond acceptors (Lipinski definition) is 3. The number of hydrogen-bond donors (Lipinski definition) is 1. The Bertz CT molecular complexity index is 401. The predicted octanol–water partition coefficient (Wildman–Crippen LogP) is 2.80. The molecule has 3 aliphatic carbocycles. The van der Waals surface area contributed by atoms with Crippen LogP contribution in [0.1, 0.15) is 39.5 Å². The van der Waals surface area contributed by atoms with Crippen molar-refractivity contribution in [2.24, 2.45) is 16.7 Å². The number of carbonyl (C=O) groups is 1. The van der Waals surface area contributed by atoms with E-state index in [2.05, 4.69) is 13.8 Å². The second-order valence-corrected chi connectivity index (χ2v) is 7.97. The monoisotopic (exact) mass is 266 g/mol. The highest BCUT2D eigenvalue weighted by molar-refractivity contribution is 8.00. The molecule has 0 radical (unpaired) electrons. The van der Waals surface area contributed by atoms with Crippen molar-refractivity contribution in [3.63, 3.8) is 0 Å². The summed E-state index contributed by atoms with van der Waals surface area (Å²) in [5.74, 6) is 1.94. The summed E-state index contributed by atoms with van der Waals surface area (Å²) in [7, 11) is 0. The van der Waals surface area contributed by atoms with Gasteiger partial charge in [-0.2, -0.15) is 11.8 Å². The number of ketones is 1. The van der Waals surface area contributed by atoms with Gasteiger partial charge in [-0.3, -0.25) is 4.79 Å². The van der Waals surface area contributed by atoms with Crippen LogP contribution in [0.4, 0.5) is 0 Å². The van der Waals surface area contributed by atoms with Crippen molar-refractivity contribution in [1.29, 1.82) is 0 Å². The van der Waals surface area contributed by atoms with Crippen molar-refractivity contribution < 1.29 is 9.90 Å². The summed E-state index contributed by atoms with van der Waals surface area (Å²) in [6.07, 6.45) is 7.66. The number of allylic oxidation sites excluding steroid dienone is 1. The zero-order chi connectivity index (χ0) is 13.0. The third-order valence-corrected chi connectivity index (χ3v) is 7.28. The van der Waals surface area contributed by atoms with E-state index in [9.17, 15) is 9.90 Å². The molecule has 0 aliphatic heterocycles. The summed E-state index contributed by atoms with van der Waals surface area (Å²) in [4.78, 5) is 11.2. The summed E-state index contributed by atoms with van der Waals surface area (Å²) in [6.45, 7) is 4.66. The fraction of sp³-hybridized carbons (Fsp3) is 0.800. The minimum absolute atomic E-state index is 0.0851. The van der Waals surface area contributed by atoms with E-state index in [4.69, 9.17) is 0 Å². The van der Waals surface area contributed by atoms with Gasteiger partial charge < -0.3 is 5.11 Å². The zero-order valence-electron chi connectivity index (χ0n) is 11.2. The maximum absolute atomic E-state index is 11.2. The molecule has 3 rings (SSSR count). The van der Waals surface area contributed by atoms with E-state index in [-0.39, 0.29) is 22.7 Å². The van der Waals surface area contributed by atoms with Crippen LogP contribution in [0.15, 0.2) is 12.2 Å².